The van der Waals surface area contributed by atoms with Gasteiger partial charge in [0.05, 0.1) is 31.0 Å². The van der Waals surface area contributed by atoms with Crippen molar-refractivity contribution in [3.63, 3.8) is 0 Å². The second-order valence-corrected chi connectivity index (χ2v) is 16.8. The van der Waals surface area contributed by atoms with Crippen molar-refractivity contribution < 1.29 is 19.1 Å². The monoisotopic (exact) mass is 805 g/mol. The van der Waals surface area contributed by atoms with Gasteiger partial charge in [0.15, 0.2) is 0 Å². The molecule has 0 spiro atoms. The lowest BCUT2D eigenvalue weighted by atomic mass is 9.90. The van der Waals surface area contributed by atoms with Crippen LogP contribution in [0.3, 0.4) is 0 Å². The van der Waals surface area contributed by atoms with Crippen LogP contribution in [0.4, 0.5) is 23.1 Å². The minimum absolute atomic E-state index is 0.00107. The molecule has 5 aliphatic rings. The lowest BCUT2D eigenvalue weighted by Gasteiger charge is -2.42. The highest BCUT2D eigenvalue weighted by Gasteiger charge is 2.30. The number of ether oxygens (including phenoxy) is 1. The Labute approximate surface area is 347 Å². The number of likely N-dealkylation sites (tertiary alicyclic amines) is 1. The van der Waals surface area contributed by atoms with E-state index in [0.717, 1.165) is 99.3 Å². The molecular formula is C44H59N11O4. The molecule has 2 N–H and O–H groups in total. The van der Waals surface area contributed by atoms with E-state index >= 15 is 0 Å². The summed E-state index contributed by atoms with van der Waals surface area (Å²) in [4.78, 5) is 61.5. The Balaban J connectivity index is 0.000000203. The minimum atomic E-state index is -0.202. The Morgan fingerprint density at radius 2 is 1.49 bits per heavy atom. The number of carbonyl (C=O) groups is 3. The highest BCUT2D eigenvalue weighted by atomic mass is 16.5. The van der Waals surface area contributed by atoms with E-state index in [1.807, 2.05) is 42.6 Å². The van der Waals surface area contributed by atoms with Gasteiger partial charge in [0, 0.05) is 89.1 Å². The van der Waals surface area contributed by atoms with Crippen LogP contribution in [0, 0.1) is 0 Å². The maximum atomic E-state index is 13.0. The standard InChI is InChI=1S/C29H41N9O.C15H18N2O3/c1-34(2)28(39)25-18-21-19-31-29(33-27(21)38(25)23-6-4-5-7-23)32-26-9-8-24(20-30-26)37-16-14-36(15-17-37)22-10-12-35(3)13-11-22;18-14-6-5-13(15(19)16-14)11-1-3-12(4-2-11)17-7-9-20-10-8-17/h8-9,18-20,22-23H,4-7,10-17H2,1-3H3,(H,30,31,32,33);1-4,13H,5-10H2,(H,16,18,19). The molecule has 15 heteroatoms. The van der Waals surface area contributed by atoms with E-state index < -0.39 is 0 Å². The van der Waals surface area contributed by atoms with Crippen molar-refractivity contribution >= 4 is 51.9 Å². The third kappa shape index (κ3) is 9.53. The fourth-order valence-electron chi connectivity index (χ4n) is 9.21. The first-order chi connectivity index (χ1) is 28.7. The average Bonchev–Trinajstić information content (AvgIpc) is 3.93. The van der Waals surface area contributed by atoms with Gasteiger partial charge >= 0.3 is 0 Å². The zero-order valence-corrected chi connectivity index (χ0v) is 34.8. The second kappa shape index (κ2) is 18.4. The number of piperidine rings is 2. The van der Waals surface area contributed by atoms with Gasteiger partial charge in [0.2, 0.25) is 17.8 Å². The van der Waals surface area contributed by atoms with Gasteiger partial charge in [0.25, 0.3) is 5.91 Å². The van der Waals surface area contributed by atoms with Crippen LogP contribution in [0.2, 0.25) is 0 Å². The van der Waals surface area contributed by atoms with Crippen LogP contribution in [0.1, 0.15) is 79.4 Å². The van der Waals surface area contributed by atoms with Gasteiger partial charge in [-0.2, -0.15) is 4.98 Å². The van der Waals surface area contributed by atoms with Crippen molar-refractivity contribution in [2.45, 2.75) is 69.4 Å². The van der Waals surface area contributed by atoms with Crippen LogP contribution in [-0.4, -0.2) is 145 Å². The number of piperazine rings is 1. The van der Waals surface area contributed by atoms with Gasteiger partial charge in [-0.15, -0.1) is 0 Å². The molecule has 3 amide bonds. The Bertz CT molecular complexity index is 2060. The number of anilines is 4. The predicted molar refractivity (Wildman–Crippen MR) is 229 cm³/mol. The number of imide groups is 1. The SMILES string of the molecule is CN1CCC(N2CCN(c3ccc(Nc4ncc5cc(C(=O)N(C)C)n(C6CCCC6)c5n4)nc3)CC2)CC1.O=C1CCC(c2ccc(N3CCOCC3)cc2)C(=O)N1. The molecule has 0 bridgehead atoms. The number of carbonyl (C=O) groups excluding carboxylic acids is 3. The van der Waals surface area contributed by atoms with Crippen molar-refractivity contribution in [1.82, 2.24) is 39.5 Å². The lowest BCUT2D eigenvalue weighted by Crippen LogP contribution is -2.53. The molecule has 1 aliphatic carbocycles. The molecule has 3 aromatic heterocycles. The number of rotatable bonds is 8. The van der Waals surface area contributed by atoms with Crippen LogP contribution in [0.15, 0.2) is 54.9 Å². The third-order valence-electron chi connectivity index (χ3n) is 12.7. The van der Waals surface area contributed by atoms with Crippen molar-refractivity contribution in [1.29, 1.82) is 0 Å². The van der Waals surface area contributed by atoms with E-state index in [1.54, 1.807) is 25.2 Å². The van der Waals surface area contributed by atoms with Crippen LogP contribution in [0.5, 0.6) is 0 Å². The van der Waals surface area contributed by atoms with Gasteiger partial charge in [0.1, 0.15) is 17.2 Å². The van der Waals surface area contributed by atoms with E-state index in [0.29, 0.717) is 36.3 Å². The first kappa shape index (κ1) is 40.7. The molecule has 4 aliphatic heterocycles. The fraction of sp³-hybridized carbons (Fsp3) is 0.545. The Kier molecular flexibility index (Phi) is 12.7. The molecule has 9 rings (SSSR count). The summed E-state index contributed by atoms with van der Waals surface area (Å²) in [5.74, 6) is 0.657. The molecule has 59 heavy (non-hydrogen) atoms. The molecule has 1 unspecified atom stereocenters. The summed E-state index contributed by atoms with van der Waals surface area (Å²) in [6, 6.07) is 15.2. The molecule has 314 valence electrons. The number of hydrogen-bond donors (Lipinski definition) is 2. The number of amides is 3. The van der Waals surface area contributed by atoms with Crippen molar-refractivity contribution in [3.05, 3.63) is 66.1 Å². The number of aromatic nitrogens is 4. The summed E-state index contributed by atoms with van der Waals surface area (Å²) in [6.07, 6.45) is 11.8. The number of benzene rings is 1. The van der Waals surface area contributed by atoms with E-state index in [1.165, 1.54) is 38.8 Å². The Morgan fingerprint density at radius 3 is 2.15 bits per heavy atom. The number of pyridine rings is 1. The molecular weight excluding hydrogens is 747 g/mol. The number of nitrogens with zero attached hydrogens (tertiary/aromatic N) is 9. The van der Waals surface area contributed by atoms with Crippen molar-refractivity contribution in [2.24, 2.45) is 0 Å². The fourth-order valence-corrected chi connectivity index (χ4v) is 9.21. The summed E-state index contributed by atoms with van der Waals surface area (Å²) in [5, 5.41) is 6.58. The molecule has 0 radical (unpaired) electrons. The van der Waals surface area contributed by atoms with Crippen molar-refractivity contribution in [2.75, 3.05) is 102 Å². The van der Waals surface area contributed by atoms with E-state index in [-0.39, 0.29) is 23.6 Å². The molecule has 1 atom stereocenters. The smallest absolute Gasteiger partial charge is 0.270 e. The zero-order chi connectivity index (χ0) is 40.9. The largest absolute Gasteiger partial charge is 0.378 e. The first-order valence-corrected chi connectivity index (χ1v) is 21.5. The van der Waals surface area contributed by atoms with Crippen LogP contribution in [0.25, 0.3) is 11.0 Å². The van der Waals surface area contributed by atoms with Gasteiger partial charge in [-0.3, -0.25) is 24.6 Å². The molecule has 5 fully saturated rings. The van der Waals surface area contributed by atoms with Gasteiger partial charge in [-0.1, -0.05) is 25.0 Å². The maximum Gasteiger partial charge on any atom is 0.270 e. The summed E-state index contributed by atoms with van der Waals surface area (Å²) in [6.45, 7) is 10.0. The summed E-state index contributed by atoms with van der Waals surface area (Å²) in [7, 11) is 5.81. The third-order valence-corrected chi connectivity index (χ3v) is 12.7. The number of fused-ring (bicyclic) bond motifs is 1. The number of hydrogen-bond acceptors (Lipinski definition) is 12. The molecule has 4 saturated heterocycles. The summed E-state index contributed by atoms with van der Waals surface area (Å²) >= 11 is 0. The van der Waals surface area contributed by atoms with Crippen LogP contribution < -0.4 is 20.4 Å². The minimum Gasteiger partial charge on any atom is -0.378 e. The molecule has 7 heterocycles. The highest BCUT2D eigenvalue weighted by molar-refractivity contribution is 6.01. The topological polar surface area (TPSA) is 144 Å². The molecule has 1 saturated carbocycles. The molecule has 4 aromatic rings. The predicted octanol–water partition coefficient (Wildman–Crippen LogP) is 4.65. The van der Waals surface area contributed by atoms with Gasteiger partial charge in [-0.05, 0) is 88.1 Å². The highest BCUT2D eigenvalue weighted by Crippen LogP contribution is 2.35. The van der Waals surface area contributed by atoms with Crippen LogP contribution in [-0.2, 0) is 14.3 Å². The lowest BCUT2D eigenvalue weighted by molar-refractivity contribution is -0.134. The Morgan fingerprint density at radius 1 is 0.797 bits per heavy atom. The quantitative estimate of drug-likeness (QED) is 0.240. The van der Waals surface area contributed by atoms with E-state index in [4.69, 9.17) is 9.72 Å². The maximum absolute atomic E-state index is 13.0. The zero-order valence-electron chi connectivity index (χ0n) is 34.8. The summed E-state index contributed by atoms with van der Waals surface area (Å²) in [5.41, 5.74) is 4.79. The molecule has 1 aromatic carbocycles. The Hall–Kier alpha value is -5.12. The van der Waals surface area contributed by atoms with E-state index in [9.17, 15) is 14.4 Å². The normalized spacial score (nSPS) is 21.3. The second-order valence-electron chi connectivity index (χ2n) is 16.8. The average molecular weight is 806 g/mol. The van der Waals surface area contributed by atoms with Gasteiger partial charge in [-0.25, -0.2) is 9.97 Å². The first-order valence-electron chi connectivity index (χ1n) is 21.5. The van der Waals surface area contributed by atoms with Gasteiger partial charge < -0.3 is 34.2 Å². The summed E-state index contributed by atoms with van der Waals surface area (Å²) < 4.78 is 7.48. The van der Waals surface area contributed by atoms with Crippen LogP contribution >= 0.6 is 0 Å². The molecule has 15 nitrogen and oxygen atoms in total. The number of morpholine rings is 1. The van der Waals surface area contributed by atoms with Crippen molar-refractivity contribution in [3.8, 4) is 0 Å². The number of nitrogens with one attached hydrogen (secondary N) is 2. The van der Waals surface area contributed by atoms with E-state index in [2.05, 4.69) is 57.9 Å².